The van der Waals surface area contributed by atoms with Crippen molar-refractivity contribution in [2.24, 2.45) is 0 Å². The van der Waals surface area contributed by atoms with E-state index in [2.05, 4.69) is 31.1 Å². The molecule has 1 N–H and O–H groups in total. The van der Waals surface area contributed by atoms with E-state index in [1.165, 1.54) is 12.8 Å². The van der Waals surface area contributed by atoms with E-state index in [0.29, 0.717) is 12.6 Å². The summed E-state index contributed by atoms with van der Waals surface area (Å²) in [6, 6.07) is 5.30. The molecule has 1 aromatic heterocycles. The van der Waals surface area contributed by atoms with Crippen molar-refractivity contribution in [3.8, 4) is 0 Å². The van der Waals surface area contributed by atoms with Gasteiger partial charge in [0.25, 0.3) is 0 Å². The van der Waals surface area contributed by atoms with Gasteiger partial charge in [0.15, 0.2) is 0 Å². The number of nitrogens with one attached hydrogen (secondary N) is 1. The molecule has 19 heavy (non-hydrogen) atoms. The molecule has 0 aliphatic heterocycles. The second kappa shape index (κ2) is 7.08. The van der Waals surface area contributed by atoms with E-state index in [-0.39, 0.29) is 0 Å². The lowest BCUT2D eigenvalue weighted by atomic mass is 10.3. The highest BCUT2D eigenvalue weighted by molar-refractivity contribution is 5.06. The predicted octanol–water partition coefficient (Wildman–Crippen LogP) is 2.39. The Morgan fingerprint density at radius 3 is 2.79 bits per heavy atom. The highest BCUT2D eigenvalue weighted by atomic mass is 16.5. The van der Waals surface area contributed by atoms with E-state index >= 15 is 0 Å². The normalized spacial score (nSPS) is 15.6. The van der Waals surface area contributed by atoms with Gasteiger partial charge in [-0.2, -0.15) is 0 Å². The van der Waals surface area contributed by atoms with Gasteiger partial charge < -0.3 is 19.4 Å². The lowest BCUT2D eigenvalue weighted by molar-refractivity contribution is 0.0855. The minimum atomic E-state index is 0.475. The van der Waals surface area contributed by atoms with Crippen LogP contribution in [-0.4, -0.2) is 37.2 Å². The van der Waals surface area contributed by atoms with Crippen LogP contribution in [-0.2, 0) is 17.9 Å². The van der Waals surface area contributed by atoms with Gasteiger partial charge in [-0.25, -0.2) is 0 Å². The number of hydrogen-bond acceptors (Lipinski definition) is 4. The van der Waals surface area contributed by atoms with Crippen molar-refractivity contribution in [1.82, 2.24) is 10.2 Å². The zero-order valence-corrected chi connectivity index (χ0v) is 12.3. The first-order chi connectivity index (χ1) is 9.15. The van der Waals surface area contributed by atoms with Crippen molar-refractivity contribution in [3.63, 3.8) is 0 Å². The van der Waals surface area contributed by atoms with Crippen molar-refractivity contribution in [3.05, 3.63) is 23.7 Å². The first-order valence-corrected chi connectivity index (χ1v) is 7.24. The lowest BCUT2D eigenvalue weighted by Crippen LogP contribution is -2.25. The van der Waals surface area contributed by atoms with Gasteiger partial charge in [-0.3, -0.25) is 0 Å². The first kappa shape index (κ1) is 14.6. The molecule has 4 heteroatoms. The van der Waals surface area contributed by atoms with Gasteiger partial charge in [0.1, 0.15) is 18.1 Å². The van der Waals surface area contributed by atoms with E-state index in [4.69, 9.17) is 9.15 Å². The summed E-state index contributed by atoms with van der Waals surface area (Å²) >= 11 is 0. The van der Waals surface area contributed by atoms with Crippen LogP contribution in [0.5, 0.6) is 0 Å². The molecule has 0 radical (unpaired) electrons. The highest BCUT2D eigenvalue weighted by Crippen LogP contribution is 2.24. The van der Waals surface area contributed by atoms with Crippen LogP contribution in [0, 0.1) is 0 Å². The molecule has 1 aromatic rings. The standard InChI is InChI=1S/C15H26N2O2/c1-12(2)16-10-14-6-7-15(19-14)11-18-9-8-17(3)13-4-5-13/h6-7,12-13,16H,4-5,8-11H2,1-3H3. The van der Waals surface area contributed by atoms with Crippen LogP contribution in [0.2, 0.25) is 0 Å². The molecule has 0 atom stereocenters. The average Bonchev–Trinajstić information content (AvgIpc) is 3.13. The molecule has 1 aliphatic carbocycles. The summed E-state index contributed by atoms with van der Waals surface area (Å²) < 4.78 is 11.4. The number of furan rings is 1. The van der Waals surface area contributed by atoms with Crippen molar-refractivity contribution in [2.75, 3.05) is 20.2 Å². The van der Waals surface area contributed by atoms with Crippen LogP contribution < -0.4 is 5.32 Å². The van der Waals surface area contributed by atoms with E-state index in [0.717, 1.165) is 37.3 Å². The maximum absolute atomic E-state index is 5.70. The second-order valence-corrected chi connectivity index (χ2v) is 5.67. The molecule has 1 aliphatic rings. The van der Waals surface area contributed by atoms with Gasteiger partial charge in [-0.15, -0.1) is 0 Å². The summed E-state index contributed by atoms with van der Waals surface area (Å²) in [5.74, 6) is 1.89. The molecule has 0 aromatic carbocycles. The van der Waals surface area contributed by atoms with Crippen molar-refractivity contribution in [2.45, 2.75) is 51.9 Å². The molecule has 1 heterocycles. The Balaban J connectivity index is 1.60. The summed E-state index contributed by atoms with van der Waals surface area (Å²) in [7, 11) is 2.17. The SMILES string of the molecule is CC(C)NCc1ccc(COCCN(C)C2CC2)o1. The van der Waals surface area contributed by atoms with Crippen molar-refractivity contribution in [1.29, 1.82) is 0 Å². The number of rotatable bonds is 9. The third-order valence-electron chi connectivity index (χ3n) is 3.40. The predicted molar refractivity (Wildman–Crippen MR) is 76.0 cm³/mol. The average molecular weight is 266 g/mol. The summed E-state index contributed by atoms with van der Waals surface area (Å²) in [6.45, 7) is 7.38. The topological polar surface area (TPSA) is 37.6 Å². The molecule has 0 saturated heterocycles. The van der Waals surface area contributed by atoms with Crippen LogP contribution >= 0.6 is 0 Å². The number of ether oxygens (including phenoxy) is 1. The first-order valence-electron chi connectivity index (χ1n) is 7.24. The molecule has 1 fully saturated rings. The van der Waals surface area contributed by atoms with Gasteiger partial charge >= 0.3 is 0 Å². The molecule has 1 saturated carbocycles. The lowest BCUT2D eigenvalue weighted by Gasteiger charge is -2.14. The summed E-state index contributed by atoms with van der Waals surface area (Å²) in [5, 5.41) is 3.34. The van der Waals surface area contributed by atoms with Crippen molar-refractivity contribution >= 4 is 0 Å². The fraction of sp³-hybridized carbons (Fsp3) is 0.733. The van der Waals surface area contributed by atoms with E-state index < -0.39 is 0 Å². The van der Waals surface area contributed by atoms with Crippen molar-refractivity contribution < 1.29 is 9.15 Å². The van der Waals surface area contributed by atoms with Gasteiger partial charge in [0.05, 0.1) is 13.2 Å². The Bertz CT molecular complexity index is 372. The summed E-state index contributed by atoms with van der Waals surface area (Å²) in [5.41, 5.74) is 0. The van der Waals surface area contributed by atoms with Crippen LogP contribution in [0.4, 0.5) is 0 Å². The Hall–Kier alpha value is -0.840. The summed E-state index contributed by atoms with van der Waals surface area (Å²) in [6.07, 6.45) is 2.70. The highest BCUT2D eigenvalue weighted by Gasteiger charge is 2.25. The maximum atomic E-state index is 5.70. The monoisotopic (exact) mass is 266 g/mol. The molecule has 0 spiro atoms. The Morgan fingerprint density at radius 2 is 2.11 bits per heavy atom. The largest absolute Gasteiger partial charge is 0.462 e. The molecule has 4 nitrogen and oxygen atoms in total. The van der Waals surface area contributed by atoms with Crippen LogP contribution in [0.25, 0.3) is 0 Å². The van der Waals surface area contributed by atoms with E-state index in [1.54, 1.807) is 0 Å². The Morgan fingerprint density at radius 1 is 1.37 bits per heavy atom. The number of hydrogen-bond donors (Lipinski definition) is 1. The summed E-state index contributed by atoms with van der Waals surface area (Å²) in [4.78, 5) is 2.38. The fourth-order valence-electron chi connectivity index (χ4n) is 1.98. The number of likely N-dealkylation sites (N-methyl/N-ethyl adjacent to an activating group) is 1. The van der Waals surface area contributed by atoms with Gasteiger partial charge in [-0.05, 0) is 32.0 Å². The molecule has 108 valence electrons. The van der Waals surface area contributed by atoms with Gasteiger partial charge in [0, 0.05) is 18.6 Å². The van der Waals surface area contributed by atoms with Gasteiger partial charge in [-0.1, -0.05) is 13.8 Å². The second-order valence-electron chi connectivity index (χ2n) is 5.67. The van der Waals surface area contributed by atoms with E-state index in [9.17, 15) is 0 Å². The third kappa shape index (κ3) is 5.35. The fourth-order valence-corrected chi connectivity index (χ4v) is 1.98. The Kier molecular flexibility index (Phi) is 5.43. The third-order valence-corrected chi connectivity index (χ3v) is 3.40. The molecule has 2 rings (SSSR count). The smallest absolute Gasteiger partial charge is 0.129 e. The number of nitrogens with zero attached hydrogens (tertiary/aromatic N) is 1. The maximum Gasteiger partial charge on any atom is 0.129 e. The van der Waals surface area contributed by atoms with Crippen LogP contribution in [0.15, 0.2) is 16.5 Å². The minimum Gasteiger partial charge on any atom is -0.462 e. The molecular weight excluding hydrogens is 240 g/mol. The minimum absolute atomic E-state index is 0.475. The molecule has 0 amide bonds. The van der Waals surface area contributed by atoms with E-state index in [1.807, 2.05) is 12.1 Å². The van der Waals surface area contributed by atoms with Gasteiger partial charge in [0.2, 0.25) is 0 Å². The quantitative estimate of drug-likeness (QED) is 0.696. The zero-order chi connectivity index (χ0) is 13.7. The molecule has 0 bridgehead atoms. The Labute approximate surface area is 116 Å². The molecule has 0 unspecified atom stereocenters. The van der Waals surface area contributed by atoms with Crippen LogP contribution in [0.1, 0.15) is 38.2 Å². The van der Waals surface area contributed by atoms with Crippen LogP contribution in [0.3, 0.4) is 0 Å². The molecular formula is C15H26N2O2. The zero-order valence-electron chi connectivity index (χ0n) is 12.3.